The monoisotopic (exact) mass is 529 g/mol. The van der Waals surface area contributed by atoms with Gasteiger partial charge in [-0.15, -0.1) is 3.89 Å². The molecular formula is C27H37N4O5S+. The van der Waals surface area contributed by atoms with Crippen molar-refractivity contribution in [2.24, 2.45) is 5.73 Å². The molecule has 2 aliphatic heterocycles. The van der Waals surface area contributed by atoms with Crippen molar-refractivity contribution in [3.05, 3.63) is 65.7 Å². The molecule has 0 saturated carbocycles. The molecule has 1 saturated heterocycles. The number of ether oxygens (including phenoxy) is 1. The van der Waals surface area contributed by atoms with Crippen LogP contribution in [0.25, 0.3) is 0 Å². The van der Waals surface area contributed by atoms with Gasteiger partial charge in [0.1, 0.15) is 6.54 Å². The molecule has 2 aromatic carbocycles. The number of nitrogens with one attached hydrogen (secondary N) is 2. The highest BCUT2D eigenvalue weighted by Crippen LogP contribution is 2.51. The molecule has 2 heterocycles. The first kappa shape index (κ1) is 27.4. The number of rotatable bonds is 8. The number of hydrogen-bond donors (Lipinski definition) is 3. The van der Waals surface area contributed by atoms with Crippen LogP contribution in [0.4, 0.5) is 5.69 Å². The Morgan fingerprint density at radius 3 is 2.35 bits per heavy atom. The zero-order chi connectivity index (χ0) is 26.9. The molecule has 0 aliphatic carbocycles. The maximum absolute atomic E-state index is 14.4. The number of fused-ring (bicyclic) bond motifs is 2. The van der Waals surface area contributed by atoms with Gasteiger partial charge in [-0.2, -0.15) is 8.42 Å². The molecule has 10 heteroatoms. The third kappa shape index (κ3) is 5.21. The number of benzene rings is 2. The van der Waals surface area contributed by atoms with Gasteiger partial charge in [0.05, 0.1) is 30.4 Å². The van der Waals surface area contributed by atoms with E-state index in [4.69, 9.17) is 10.5 Å². The molecule has 1 fully saturated rings. The minimum Gasteiger partial charge on any atom is -0.374 e. The van der Waals surface area contributed by atoms with Crippen molar-refractivity contribution in [1.82, 2.24) is 14.5 Å². The molecule has 200 valence electrons. The number of carbonyl (C=O) groups is 2. The molecule has 2 atom stereocenters. The van der Waals surface area contributed by atoms with Gasteiger partial charge in [0, 0.05) is 11.6 Å². The predicted octanol–water partition coefficient (Wildman–Crippen LogP) is 1.55. The van der Waals surface area contributed by atoms with E-state index in [9.17, 15) is 18.0 Å². The number of quaternary nitrogens is 1. The minimum atomic E-state index is -4.02. The van der Waals surface area contributed by atoms with Crippen molar-refractivity contribution in [2.75, 3.05) is 32.5 Å². The number of hydrogen-bond acceptors (Lipinski definition) is 7. The summed E-state index contributed by atoms with van der Waals surface area (Å²) in [5.41, 5.74) is 6.50. The SMILES string of the molecule is CC(C)(N)C(=O)N[C@H](COCc1ccccc1)C(=O)[N+]1(S(C)(=O)=O)CC2(CCNCC2)c2ccccc21. The van der Waals surface area contributed by atoms with Crippen LogP contribution in [0.1, 0.15) is 37.8 Å². The van der Waals surface area contributed by atoms with Gasteiger partial charge in [-0.3, -0.25) is 4.79 Å². The van der Waals surface area contributed by atoms with Crippen molar-refractivity contribution in [3.63, 3.8) is 0 Å². The molecule has 2 aromatic rings. The van der Waals surface area contributed by atoms with E-state index >= 15 is 0 Å². The fourth-order valence-electron chi connectivity index (χ4n) is 5.46. The fourth-order valence-corrected chi connectivity index (χ4v) is 6.91. The molecule has 0 aromatic heterocycles. The Labute approximate surface area is 219 Å². The lowest BCUT2D eigenvalue weighted by Crippen LogP contribution is -2.67. The summed E-state index contributed by atoms with van der Waals surface area (Å²) in [6.07, 6.45) is 2.52. The first-order valence-corrected chi connectivity index (χ1v) is 14.4. The maximum Gasteiger partial charge on any atom is 0.358 e. The van der Waals surface area contributed by atoms with E-state index in [1.54, 1.807) is 12.1 Å². The predicted molar refractivity (Wildman–Crippen MR) is 143 cm³/mol. The van der Waals surface area contributed by atoms with Crippen molar-refractivity contribution in [1.29, 1.82) is 0 Å². The number of sulfonamides is 1. The van der Waals surface area contributed by atoms with Gasteiger partial charge in [-0.25, -0.2) is 4.79 Å². The highest BCUT2D eigenvalue weighted by Gasteiger charge is 2.63. The summed E-state index contributed by atoms with van der Waals surface area (Å²) < 4.78 is 32.3. The largest absolute Gasteiger partial charge is 0.374 e. The van der Waals surface area contributed by atoms with E-state index in [0.717, 1.165) is 30.5 Å². The Morgan fingerprint density at radius 1 is 1.11 bits per heavy atom. The van der Waals surface area contributed by atoms with Gasteiger partial charge in [-0.05, 0) is 45.3 Å². The second kappa shape index (κ2) is 10.3. The van der Waals surface area contributed by atoms with E-state index in [0.29, 0.717) is 18.5 Å². The van der Waals surface area contributed by atoms with Gasteiger partial charge >= 0.3 is 15.9 Å². The Balaban J connectivity index is 1.75. The topological polar surface area (TPSA) is 128 Å². The summed E-state index contributed by atoms with van der Waals surface area (Å²) in [7, 11) is -4.02. The number of nitrogens with zero attached hydrogens (tertiary/aromatic N) is 1. The maximum atomic E-state index is 14.4. The van der Waals surface area contributed by atoms with Crippen molar-refractivity contribution >= 4 is 27.5 Å². The molecule has 2 aliphatic rings. The van der Waals surface area contributed by atoms with Crippen LogP contribution in [0.2, 0.25) is 0 Å². The first-order chi connectivity index (χ1) is 17.4. The Kier molecular flexibility index (Phi) is 7.60. The van der Waals surface area contributed by atoms with Crippen LogP contribution in [0.15, 0.2) is 54.6 Å². The lowest BCUT2D eigenvalue weighted by Gasteiger charge is -2.37. The average molecular weight is 530 g/mol. The highest BCUT2D eigenvalue weighted by atomic mass is 32.2. The van der Waals surface area contributed by atoms with Gasteiger partial charge in [0.2, 0.25) is 5.91 Å². The number of carbonyl (C=O) groups excluding carboxylic acids is 2. The molecule has 1 unspecified atom stereocenters. The molecule has 37 heavy (non-hydrogen) atoms. The van der Waals surface area contributed by atoms with E-state index in [1.165, 1.54) is 13.8 Å². The number of amides is 2. The lowest BCUT2D eigenvalue weighted by atomic mass is 9.75. The summed E-state index contributed by atoms with van der Waals surface area (Å²) in [5, 5.41) is 6.05. The number of para-hydroxylation sites is 1. The van der Waals surface area contributed by atoms with E-state index in [1.807, 2.05) is 42.5 Å². The molecule has 2 amide bonds. The minimum absolute atomic E-state index is 0.0861. The average Bonchev–Trinajstić information content (AvgIpc) is 3.14. The van der Waals surface area contributed by atoms with Crippen LogP contribution in [0.3, 0.4) is 0 Å². The molecule has 0 radical (unpaired) electrons. The number of nitrogens with two attached hydrogens (primary N) is 1. The summed E-state index contributed by atoms with van der Waals surface area (Å²) in [6.45, 7) is 4.62. The molecule has 4 rings (SSSR count). The highest BCUT2D eigenvalue weighted by molar-refractivity contribution is 7.90. The van der Waals surface area contributed by atoms with Crippen LogP contribution in [-0.2, 0) is 36.4 Å². The normalized spacial score (nSPS) is 21.8. The van der Waals surface area contributed by atoms with Crippen molar-refractivity contribution < 1.29 is 22.7 Å². The Bertz CT molecular complexity index is 1250. The lowest BCUT2D eigenvalue weighted by molar-refractivity contribution is -0.135. The third-order valence-corrected chi connectivity index (χ3v) is 9.10. The summed E-state index contributed by atoms with van der Waals surface area (Å²) in [5.74, 6) is -1.21. The standard InChI is InChI=1S/C27H36N4O5S/c1-26(2,28)25(33)30-22(18-36-17-20-9-5-4-6-10-20)24(32)31(37(3,34)35)19-27(13-15-29-16-14-27)21-11-7-8-12-23(21)31/h4-12,22,29H,13-19,28H2,1-3H3/p+1/t22-,31?/m1/s1. The van der Waals surface area contributed by atoms with Gasteiger partial charge in [0.15, 0.2) is 11.7 Å². The fraction of sp³-hybridized carbons (Fsp3) is 0.481. The van der Waals surface area contributed by atoms with E-state index in [-0.39, 0.29) is 19.8 Å². The zero-order valence-electron chi connectivity index (χ0n) is 21.7. The molecule has 0 bridgehead atoms. The Morgan fingerprint density at radius 2 is 1.73 bits per heavy atom. The van der Waals surface area contributed by atoms with Gasteiger partial charge in [0.25, 0.3) is 0 Å². The third-order valence-electron chi connectivity index (χ3n) is 7.46. The van der Waals surface area contributed by atoms with E-state index in [2.05, 4.69) is 10.6 Å². The first-order valence-electron chi connectivity index (χ1n) is 12.6. The molecular weight excluding hydrogens is 492 g/mol. The van der Waals surface area contributed by atoms with Crippen LogP contribution in [0.5, 0.6) is 0 Å². The molecule has 4 N–H and O–H groups in total. The van der Waals surface area contributed by atoms with Crippen molar-refractivity contribution in [3.8, 4) is 0 Å². The summed E-state index contributed by atoms with van der Waals surface area (Å²) >= 11 is 0. The summed E-state index contributed by atoms with van der Waals surface area (Å²) in [4.78, 5) is 27.4. The number of piperidine rings is 1. The molecule has 1 spiro atoms. The second-order valence-corrected chi connectivity index (χ2v) is 12.9. The molecule has 9 nitrogen and oxygen atoms in total. The van der Waals surface area contributed by atoms with Crippen LogP contribution >= 0.6 is 0 Å². The quantitative estimate of drug-likeness (QED) is 0.443. The van der Waals surface area contributed by atoms with Crippen molar-refractivity contribution in [2.45, 2.75) is 50.3 Å². The van der Waals surface area contributed by atoms with Crippen LogP contribution in [0, 0.1) is 0 Å². The smallest absolute Gasteiger partial charge is 0.358 e. The Hall–Kier alpha value is -2.63. The summed E-state index contributed by atoms with van der Waals surface area (Å²) in [6, 6.07) is 15.5. The van der Waals surface area contributed by atoms with Gasteiger partial charge in [-0.1, -0.05) is 48.5 Å². The second-order valence-electron chi connectivity index (χ2n) is 10.8. The van der Waals surface area contributed by atoms with Crippen LogP contribution < -0.4 is 20.3 Å². The van der Waals surface area contributed by atoms with Crippen LogP contribution in [-0.4, -0.2) is 64.3 Å². The van der Waals surface area contributed by atoms with Gasteiger partial charge < -0.3 is 21.1 Å². The zero-order valence-corrected chi connectivity index (χ0v) is 22.5. The van der Waals surface area contributed by atoms with E-state index < -0.39 is 42.7 Å².